The van der Waals surface area contributed by atoms with Crippen LogP contribution in [0, 0.1) is 0 Å². The minimum atomic E-state index is -0.247. The fourth-order valence-electron chi connectivity index (χ4n) is 2.92. The Morgan fingerprint density at radius 3 is 2.44 bits per heavy atom. The first kappa shape index (κ1) is 21.9. The first-order chi connectivity index (χ1) is 11.6. The summed E-state index contributed by atoms with van der Waals surface area (Å²) in [7, 11) is 0. The highest BCUT2D eigenvalue weighted by atomic mass is 79.9. The van der Waals surface area contributed by atoms with Crippen LogP contribution in [0.5, 0.6) is 0 Å². The van der Waals surface area contributed by atoms with Crippen molar-refractivity contribution in [1.29, 1.82) is 0 Å². The molecular weight excluding hydrogens is 406 g/mol. The molecule has 1 aromatic carbocycles. The van der Waals surface area contributed by atoms with E-state index in [1.807, 2.05) is 6.07 Å². The number of rotatable bonds is 7. The molecule has 5 nitrogen and oxygen atoms in total. The van der Waals surface area contributed by atoms with Gasteiger partial charge in [0.05, 0.1) is 6.54 Å². The van der Waals surface area contributed by atoms with Gasteiger partial charge in [-0.25, -0.2) is 0 Å². The third-order valence-corrected chi connectivity index (χ3v) is 4.72. The van der Waals surface area contributed by atoms with E-state index in [0.29, 0.717) is 18.2 Å². The van der Waals surface area contributed by atoms with Gasteiger partial charge in [-0.15, -0.1) is 12.4 Å². The van der Waals surface area contributed by atoms with Gasteiger partial charge in [0.1, 0.15) is 0 Å². The Labute approximate surface area is 164 Å². The van der Waals surface area contributed by atoms with Crippen molar-refractivity contribution in [2.24, 2.45) is 0 Å². The molecule has 0 aromatic heterocycles. The second-order valence-electron chi connectivity index (χ2n) is 6.19. The van der Waals surface area contributed by atoms with Crippen molar-refractivity contribution in [2.45, 2.75) is 44.6 Å². The summed E-state index contributed by atoms with van der Waals surface area (Å²) in [6, 6.07) is 7.67. The zero-order valence-corrected chi connectivity index (χ0v) is 16.8. The van der Waals surface area contributed by atoms with Crippen LogP contribution in [0.4, 0.5) is 0 Å². The monoisotopic (exact) mass is 431 g/mol. The average Bonchev–Trinajstić information content (AvgIpc) is 2.85. The van der Waals surface area contributed by atoms with Crippen molar-refractivity contribution in [3.8, 4) is 0 Å². The maximum absolute atomic E-state index is 11.9. The summed E-state index contributed by atoms with van der Waals surface area (Å²) in [6.07, 6.45) is 7.74. The number of halogens is 2. The second kappa shape index (κ2) is 12.3. The smallest absolute Gasteiger partial charge is 0.251 e. The van der Waals surface area contributed by atoms with Gasteiger partial charge in [0.2, 0.25) is 5.91 Å². The first-order valence-corrected chi connectivity index (χ1v) is 9.48. The predicted molar refractivity (Wildman–Crippen MR) is 106 cm³/mol. The van der Waals surface area contributed by atoms with Gasteiger partial charge in [0, 0.05) is 29.2 Å². The van der Waals surface area contributed by atoms with Crippen LogP contribution in [-0.2, 0) is 4.79 Å². The number of hydrogen-bond acceptors (Lipinski definition) is 3. The predicted octanol–water partition coefficient (Wildman–Crippen LogP) is 3.03. The number of nitrogens with one attached hydrogen (secondary N) is 3. The van der Waals surface area contributed by atoms with E-state index in [1.54, 1.807) is 18.2 Å². The summed E-state index contributed by atoms with van der Waals surface area (Å²) in [5, 5.41) is 8.97. The Morgan fingerprint density at radius 1 is 1.04 bits per heavy atom. The molecule has 2 amide bonds. The van der Waals surface area contributed by atoms with Crippen molar-refractivity contribution in [3.05, 3.63) is 34.3 Å². The molecule has 0 bridgehead atoms. The lowest BCUT2D eigenvalue weighted by Crippen LogP contribution is -2.41. The van der Waals surface area contributed by atoms with Gasteiger partial charge in [-0.3, -0.25) is 9.59 Å². The van der Waals surface area contributed by atoms with Gasteiger partial charge in [0.25, 0.3) is 5.91 Å². The number of benzene rings is 1. The van der Waals surface area contributed by atoms with Crippen LogP contribution in [-0.4, -0.2) is 37.5 Å². The molecule has 0 aliphatic heterocycles. The van der Waals surface area contributed by atoms with Crippen LogP contribution in [0.3, 0.4) is 0 Å². The maximum Gasteiger partial charge on any atom is 0.251 e. The molecule has 1 saturated carbocycles. The van der Waals surface area contributed by atoms with Crippen LogP contribution in [0.25, 0.3) is 0 Å². The molecular formula is C18H27BrClN3O2. The summed E-state index contributed by atoms with van der Waals surface area (Å²) >= 11 is 3.32. The third kappa shape index (κ3) is 8.70. The van der Waals surface area contributed by atoms with Crippen LogP contribution in [0.1, 0.15) is 48.9 Å². The van der Waals surface area contributed by atoms with Gasteiger partial charge >= 0.3 is 0 Å². The fraction of sp³-hybridized carbons (Fsp3) is 0.556. The third-order valence-electron chi connectivity index (χ3n) is 4.23. The number of amides is 2. The Bertz CT molecular complexity index is 549. The molecule has 0 spiro atoms. The molecule has 7 heteroatoms. The first-order valence-electron chi connectivity index (χ1n) is 8.69. The maximum atomic E-state index is 11.9. The van der Waals surface area contributed by atoms with Crippen molar-refractivity contribution in [2.75, 3.05) is 19.6 Å². The highest BCUT2D eigenvalue weighted by Gasteiger charge is 2.11. The van der Waals surface area contributed by atoms with Crippen LogP contribution >= 0.6 is 28.3 Å². The molecule has 3 N–H and O–H groups in total. The lowest BCUT2D eigenvalue weighted by Gasteiger charge is -2.16. The molecule has 0 radical (unpaired) electrons. The van der Waals surface area contributed by atoms with E-state index >= 15 is 0 Å². The topological polar surface area (TPSA) is 70.2 Å². The zero-order chi connectivity index (χ0) is 17.2. The van der Waals surface area contributed by atoms with Crippen LogP contribution in [0.15, 0.2) is 28.7 Å². The fourth-order valence-corrected chi connectivity index (χ4v) is 3.32. The van der Waals surface area contributed by atoms with Gasteiger partial charge in [-0.1, -0.05) is 47.7 Å². The molecule has 1 aromatic rings. The van der Waals surface area contributed by atoms with Crippen LogP contribution < -0.4 is 16.0 Å². The SMILES string of the molecule is Cl.O=C(CNC(=O)c1cccc(Br)c1)NCCNC1CCCCCC1. The van der Waals surface area contributed by atoms with Gasteiger partial charge in [-0.2, -0.15) is 0 Å². The molecule has 140 valence electrons. The largest absolute Gasteiger partial charge is 0.353 e. The van der Waals surface area contributed by atoms with Gasteiger partial charge in [0.15, 0.2) is 0 Å². The number of hydrogen-bond donors (Lipinski definition) is 3. The zero-order valence-electron chi connectivity index (χ0n) is 14.4. The molecule has 0 saturated heterocycles. The molecule has 1 aliphatic carbocycles. The molecule has 0 atom stereocenters. The average molecular weight is 433 g/mol. The molecule has 0 unspecified atom stereocenters. The molecule has 1 aliphatic rings. The number of carbonyl (C=O) groups is 2. The lowest BCUT2D eigenvalue weighted by molar-refractivity contribution is -0.120. The Hall–Kier alpha value is -1.11. The summed E-state index contributed by atoms with van der Waals surface area (Å²) in [5.74, 6) is -0.413. The normalized spacial score (nSPS) is 14.9. The van der Waals surface area contributed by atoms with Crippen molar-refractivity contribution in [3.63, 3.8) is 0 Å². The second-order valence-corrected chi connectivity index (χ2v) is 7.10. The lowest BCUT2D eigenvalue weighted by atomic mass is 10.1. The molecule has 1 fully saturated rings. The van der Waals surface area contributed by atoms with Crippen molar-refractivity contribution < 1.29 is 9.59 Å². The highest BCUT2D eigenvalue weighted by Crippen LogP contribution is 2.16. The Balaban J connectivity index is 0.00000312. The molecule has 2 rings (SSSR count). The van der Waals surface area contributed by atoms with E-state index < -0.39 is 0 Å². The van der Waals surface area contributed by atoms with Gasteiger partial charge in [-0.05, 0) is 31.0 Å². The van der Waals surface area contributed by atoms with E-state index in [1.165, 1.54) is 38.5 Å². The minimum Gasteiger partial charge on any atom is -0.353 e. The van der Waals surface area contributed by atoms with Crippen molar-refractivity contribution in [1.82, 2.24) is 16.0 Å². The quantitative estimate of drug-likeness (QED) is 0.458. The summed E-state index contributed by atoms with van der Waals surface area (Å²) in [6.45, 7) is 1.35. The van der Waals surface area contributed by atoms with Gasteiger partial charge < -0.3 is 16.0 Å². The standard InChI is InChI=1S/C18H26BrN3O2.ClH/c19-15-7-5-6-14(12-15)18(24)22-13-17(23)21-11-10-20-16-8-3-1-2-4-9-16;/h5-7,12,16,20H,1-4,8-11,13H2,(H,21,23)(H,22,24);1H. The van der Waals surface area contributed by atoms with E-state index in [0.717, 1.165) is 11.0 Å². The Kier molecular flexibility index (Phi) is 10.8. The minimum absolute atomic E-state index is 0. The Morgan fingerprint density at radius 2 is 1.76 bits per heavy atom. The van der Waals surface area contributed by atoms with Crippen LogP contribution in [0.2, 0.25) is 0 Å². The summed E-state index contributed by atoms with van der Waals surface area (Å²) in [4.78, 5) is 23.7. The molecule has 0 heterocycles. The van der Waals surface area contributed by atoms with E-state index in [2.05, 4.69) is 31.9 Å². The van der Waals surface area contributed by atoms with Crippen molar-refractivity contribution >= 4 is 40.2 Å². The summed E-state index contributed by atoms with van der Waals surface area (Å²) in [5.41, 5.74) is 0.534. The summed E-state index contributed by atoms with van der Waals surface area (Å²) < 4.78 is 0.837. The van der Waals surface area contributed by atoms with E-state index in [4.69, 9.17) is 0 Å². The van der Waals surface area contributed by atoms with E-state index in [9.17, 15) is 9.59 Å². The number of carbonyl (C=O) groups excluding carboxylic acids is 2. The van der Waals surface area contributed by atoms with E-state index in [-0.39, 0.29) is 30.8 Å². The molecule has 25 heavy (non-hydrogen) atoms. The highest BCUT2D eigenvalue weighted by molar-refractivity contribution is 9.10.